The molecule has 2 heterocycles. The molecule has 12 heteroatoms. The fourth-order valence-electron chi connectivity index (χ4n) is 4.59. The van der Waals surface area contributed by atoms with Gasteiger partial charge in [-0.15, -0.1) is 0 Å². The van der Waals surface area contributed by atoms with E-state index in [1.165, 1.54) is 13.0 Å². The van der Waals surface area contributed by atoms with Crippen LogP contribution in [-0.4, -0.2) is 16.2 Å². The lowest BCUT2D eigenvalue weighted by Gasteiger charge is -2.15. The van der Waals surface area contributed by atoms with Crippen molar-refractivity contribution in [2.75, 3.05) is 5.01 Å². The first-order valence-electron chi connectivity index (χ1n) is 12.4. The predicted octanol–water partition coefficient (Wildman–Crippen LogP) is 8.48. The molecular formula is C30H20Cl2F5N3O2. The van der Waals surface area contributed by atoms with Crippen molar-refractivity contribution in [2.45, 2.75) is 27.4 Å². The Bertz CT molecular complexity index is 1790. The molecule has 0 fully saturated rings. The Morgan fingerprint density at radius 3 is 2.07 bits per heavy atom. The number of carbonyl (C=O) groups is 1. The van der Waals surface area contributed by atoms with Gasteiger partial charge in [-0.3, -0.25) is 4.79 Å². The van der Waals surface area contributed by atoms with Crippen LogP contribution < -0.4 is 9.75 Å². The van der Waals surface area contributed by atoms with Crippen LogP contribution in [0.1, 0.15) is 29.4 Å². The van der Waals surface area contributed by atoms with Crippen molar-refractivity contribution in [1.82, 2.24) is 4.57 Å². The molecule has 3 aromatic carbocycles. The molecule has 0 N–H and O–H groups in total. The second kappa shape index (κ2) is 11.3. The number of hydrazone groups is 1. The summed E-state index contributed by atoms with van der Waals surface area (Å²) >= 11 is 12.0. The standard InChI is InChI=1S/C30H20Cl2F5N3O2/c1-14-10-18(12-21-15(2)38-40(30(21)41)29-27(36)25(34)24(33)26(35)28(29)37)16(3)39(14)19-5-7-20(8-6-19)42-13-17-4-9-22(31)23(32)11-17/h4-12H,13H2,1-3H3/b21-12-. The first-order chi connectivity index (χ1) is 19.9. The number of hydrogen-bond donors (Lipinski definition) is 0. The molecule has 4 aromatic rings. The summed E-state index contributed by atoms with van der Waals surface area (Å²) in [5.74, 6) is -11.4. The van der Waals surface area contributed by atoms with E-state index in [1.54, 1.807) is 30.3 Å². The zero-order valence-electron chi connectivity index (χ0n) is 22.2. The van der Waals surface area contributed by atoms with Crippen molar-refractivity contribution in [3.05, 3.63) is 116 Å². The molecule has 0 aliphatic carbocycles. The van der Waals surface area contributed by atoms with E-state index < -0.39 is 40.7 Å². The van der Waals surface area contributed by atoms with Gasteiger partial charge in [0.15, 0.2) is 23.3 Å². The number of aryl methyl sites for hydroxylation is 1. The van der Waals surface area contributed by atoms with Gasteiger partial charge in [0.25, 0.3) is 5.91 Å². The van der Waals surface area contributed by atoms with Crippen molar-refractivity contribution in [2.24, 2.45) is 5.10 Å². The third-order valence-electron chi connectivity index (χ3n) is 6.72. The topological polar surface area (TPSA) is 46.8 Å². The molecular weight excluding hydrogens is 600 g/mol. The van der Waals surface area contributed by atoms with E-state index in [2.05, 4.69) is 5.10 Å². The fourth-order valence-corrected chi connectivity index (χ4v) is 4.91. The molecule has 0 spiro atoms. The maximum atomic E-state index is 14.4. The maximum absolute atomic E-state index is 14.4. The highest BCUT2D eigenvalue weighted by atomic mass is 35.5. The van der Waals surface area contributed by atoms with Crippen LogP contribution in [0, 0.1) is 42.9 Å². The second-order valence-corrected chi connectivity index (χ2v) is 10.3. The van der Waals surface area contributed by atoms with E-state index in [1.807, 2.05) is 36.6 Å². The lowest BCUT2D eigenvalue weighted by molar-refractivity contribution is -0.114. The van der Waals surface area contributed by atoms with E-state index in [0.717, 1.165) is 22.6 Å². The monoisotopic (exact) mass is 619 g/mol. The summed E-state index contributed by atoms with van der Waals surface area (Å²) in [5, 5.41) is 4.86. The molecule has 0 saturated carbocycles. The summed E-state index contributed by atoms with van der Waals surface area (Å²) < 4.78 is 77.6. The molecule has 0 radical (unpaired) electrons. The molecule has 0 bridgehead atoms. The summed E-state index contributed by atoms with van der Waals surface area (Å²) in [6, 6.07) is 14.3. The van der Waals surface area contributed by atoms with Crippen LogP contribution in [0.15, 0.2) is 59.2 Å². The van der Waals surface area contributed by atoms with Crippen LogP contribution in [0.2, 0.25) is 10.0 Å². The molecule has 5 nitrogen and oxygen atoms in total. The average molecular weight is 620 g/mol. The van der Waals surface area contributed by atoms with Gasteiger partial charge in [-0.2, -0.15) is 10.1 Å². The first-order valence-corrected chi connectivity index (χ1v) is 13.1. The van der Waals surface area contributed by atoms with Crippen LogP contribution in [0.25, 0.3) is 11.8 Å². The summed E-state index contributed by atoms with van der Waals surface area (Å²) in [6.45, 7) is 5.34. The van der Waals surface area contributed by atoms with E-state index in [-0.39, 0.29) is 22.9 Å². The van der Waals surface area contributed by atoms with Gasteiger partial charge in [0.2, 0.25) is 5.82 Å². The van der Waals surface area contributed by atoms with Gasteiger partial charge in [0, 0.05) is 17.1 Å². The van der Waals surface area contributed by atoms with Crippen molar-refractivity contribution < 1.29 is 31.5 Å². The number of halogens is 7. The number of amides is 1. The van der Waals surface area contributed by atoms with Crippen molar-refractivity contribution in [3.8, 4) is 11.4 Å². The van der Waals surface area contributed by atoms with Gasteiger partial charge in [-0.25, -0.2) is 22.0 Å². The predicted molar refractivity (Wildman–Crippen MR) is 151 cm³/mol. The lowest BCUT2D eigenvalue weighted by atomic mass is 10.1. The van der Waals surface area contributed by atoms with Gasteiger partial charge < -0.3 is 9.30 Å². The zero-order valence-corrected chi connectivity index (χ0v) is 23.7. The smallest absolute Gasteiger partial charge is 0.280 e. The highest BCUT2D eigenvalue weighted by Crippen LogP contribution is 2.35. The highest BCUT2D eigenvalue weighted by Gasteiger charge is 2.37. The van der Waals surface area contributed by atoms with Gasteiger partial charge in [0.05, 0.1) is 21.3 Å². The maximum Gasteiger partial charge on any atom is 0.280 e. The third kappa shape index (κ3) is 5.16. The van der Waals surface area contributed by atoms with Gasteiger partial charge in [-0.1, -0.05) is 29.3 Å². The number of benzene rings is 3. The minimum absolute atomic E-state index is 0.0391. The van der Waals surface area contributed by atoms with E-state index in [4.69, 9.17) is 27.9 Å². The zero-order chi connectivity index (χ0) is 30.5. The number of ether oxygens (including phenoxy) is 1. The summed E-state index contributed by atoms with van der Waals surface area (Å²) in [4.78, 5) is 13.1. The fraction of sp³-hybridized carbons (Fsp3) is 0.133. The lowest BCUT2D eigenvalue weighted by Crippen LogP contribution is -2.25. The normalized spacial score (nSPS) is 14.2. The molecule has 1 aliphatic heterocycles. The quantitative estimate of drug-likeness (QED) is 0.0940. The average Bonchev–Trinajstić information content (AvgIpc) is 3.40. The largest absolute Gasteiger partial charge is 0.489 e. The molecule has 0 unspecified atom stereocenters. The SMILES string of the molecule is CC1=NN(c2c(F)c(F)c(F)c(F)c2F)C(=O)/C1=C\c1cc(C)n(-c2ccc(OCc3ccc(Cl)c(Cl)c3)cc2)c1C. The molecule has 216 valence electrons. The van der Waals surface area contributed by atoms with Gasteiger partial charge >= 0.3 is 0 Å². The summed E-state index contributed by atoms with van der Waals surface area (Å²) in [7, 11) is 0. The van der Waals surface area contributed by atoms with Gasteiger partial charge in [-0.05, 0) is 80.4 Å². The number of carbonyl (C=O) groups excluding carboxylic acids is 1. The third-order valence-corrected chi connectivity index (χ3v) is 7.45. The summed E-state index contributed by atoms with van der Waals surface area (Å²) in [5.41, 5.74) is 2.29. The van der Waals surface area contributed by atoms with E-state index >= 15 is 0 Å². The molecule has 0 atom stereocenters. The van der Waals surface area contributed by atoms with E-state index in [9.17, 15) is 26.7 Å². The Morgan fingerprint density at radius 2 is 1.45 bits per heavy atom. The molecule has 1 amide bonds. The molecule has 5 rings (SSSR count). The Balaban J connectivity index is 1.39. The number of anilines is 1. The molecule has 1 aliphatic rings. The van der Waals surface area contributed by atoms with Crippen LogP contribution in [0.4, 0.5) is 27.6 Å². The Morgan fingerprint density at radius 1 is 0.833 bits per heavy atom. The number of hydrogen-bond acceptors (Lipinski definition) is 3. The minimum Gasteiger partial charge on any atom is -0.489 e. The minimum atomic E-state index is -2.32. The summed E-state index contributed by atoms with van der Waals surface area (Å²) in [6.07, 6.45) is 1.46. The van der Waals surface area contributed by atoms with Crippen LogP contribution in [0.5, 0.6) is 5.75 Å². The second-order valence-electron chi connectivity index (χ2n) is 9.47. The van der Waals surface area contributed by atoms with Crippen molar-refractivity contribution >= 4 is 46.6 Å². The van der Waals surface area contributed by atoms with E-state index in [0.29, 0.717) is 21.4 Å². The Kier molecular flexibility index (Phi) is 7.87. The van der Waals surface area contributed by atoms with Crippen LogP contribution in [-0.2, 0) is 11.4 Å². The molecule has 1 aromatic heterocycles. The van der Waals surface area contributed by atoms with Crippen LogP contribution >= 0.6 is 23.2 Å². The van der Waals surface area contributed by atoms with Crippen molar-refractivity contribution in [1.29, 1.82) is 0 Å². The number of aromatic nitrogens is 1. The Labute approximate surface area is 247 Å². The van der Waals surface area contributed by atoms with Crippen molar-refractivity contribution in [3.63, 3.8) is 0 Å². The molecule has 0 saturated heterocycles. The Hall–Kier alpha value is -4.15. The number of nitrogens with zero attached hydrogens (tertiary/aromatic N) is 3. The number of rotatable bonds is 6. The highest BCUT2D eigenvalue weighted by molar-refractivity contribution is 6.42. The van der Waals surface area contributed by atoms with Gasteiger partial charge in [0.1, 0.15) is 18.0 Å². The van der Waals surface area contributed by atoms with Crippen LogP contribution in [0.3, 0.4) is 0 Å². The molecule has 42 heavy (non-hydrogen) atoms. The first kappa shape index (κ1) is 29.3.